The average molecular weight is 332 g/mol. The third-order valence-corrected chi connectivity index (χ3v) is 4.41. The first-order valence-electron chi connectivity index (χ1n) is 8.63. The van der Waals surface area contributed by atoms with Crippen LogP contribution in [0.2, 0.25) is 0 Å². The van der Waals surface area contributed by atoms with Crippen LogP contribution in [0.5, 0.6) is 0 Å². The molecule has 1 aliphatic heterocycles. The number of piperidine rings is 1. The molecule has 1 unspecified atom stereocenters. The second-order valence-corrected chi connectivity index (χ2v) is 6.70. The molecule has 3 amide bonds. The number of carbonyl (C=O) groups is 2. The van der Waals surface area contributed by atoms with Crippen LogP contribution in [0.4, 0.5) is 10.5 Å². The van der Waals surface area contributed by atoms with E-state index in [4.69, 9.17) is 5.73 Å². The predicted octanol–water partition coefficient (Wildman–Crippen LogP) is 2.32. The Hall–Kier alpha value is -2.08. The molecule has 1 aromatic carbocycles. The van der Waals surface area contributed by atoms with Gasteiger partial charge >= 0.3 is 6.03 Å². The van der Waals surface area contributed by atoms with E-state index in [-0.39, 0.29) is 18.0 Å². The van der Waals surface area contributed by atoms with Gasteiger partial charge in [-0.3, -0.25) is 4.79 Å². The van der Waals surface area contributed by atoms with E-state index >= 15 is 0 Å². The molecule has 0 aliphatic carbocycles. The van der Waals surface area contributed by atoms with Crippen LogP contribution in [-0.2, 0) is 4.79 Å². The highest BCUT2D eigenvalue weighted by Gasteiger charge is 2.34. The van der Waals surface area contributed by atoms with Crippen molar-refractivity contribution < 1.29 is 9.59 Å². The molecule has 6 heteroatoms. The first-order chi connectivity index (χ1) is 11.4. The first kappa shape index (κ1) is 18.3. The van der Waals surface area contributed by atoms with Gasteiger partial charge in [0.15, 0.2) is 0 Å². The molecule has 6 nitrogen and oxygen atoms in total. The summed E-state index contributed by atoms with van der Waals surface area (Å²) in [5.41, 5.74) is 6.10. The summed E-state index contributed by atoms with van der Waals surface area (Å²) in [5, 5.41) is 5.79. The maximum Gasteiger partial charge on any atom is 0.319 e. The van der Waals surface area contributed by atoms with E-state index in [1.165, 1.54) is 0 Å². The van der Waals surface area contributed by atoms with Gasteiger partial charge < -0.3 is 21.3 Å². The number of urea groups is 1. The normalized spacial score (nSPS) is 17.9. The lowest BCUT2D eigenvalue weighted by atomic mass is 9.94. The Kier molecular flexibility index (Phi) is 6.20. The fourth-order valence-corrected chi connectivity index (χ4v) is 3.09. The highest BCUT2D eigenvalue weighted by atomic mass is 16.2. The Morgan fingerprint density at radius 3 is 2.46 bits per heavy atom. The Morgan fingerprint density at radius 1 is 1.25 bits per heavy atom. The van der Waals surface area contributed by atoms with Crippen LogP contribution in [0.15, 0.2) is 30.3 Å². The van der Waals surface area contributed by atoms with Crippen molar-refractivity contribution in [2.45, 2.75) is 51.1 Å². The van der Waals surface area contributed by atoms with Crippen LogP contribution in [-0.4, -0.2) is 41.5 Å². The third kappa shape index (κ3) is 4.96. The van der Waals surface area contributed by atoms with Gasteiger partial charge in [0.25, 0.3) is 0 Å². The Balaban J connectivity index is 1.78. The fraction of sp³-hybridized carbons (Fsp3) is 0.556. The highest BCUT2D eigenvalue weighted by molar-refractivity contribution is 5.89. The number of benzene rings is 1. The molecule has 132 valence electrons. The van der Waals surface area contributed by atoms with E-state index in [0.29, 0.717) is 19.5 Å². The molecule has 1 saturated heterocycles. The molecular formula is C18H28N4O2. The summed E-state index contributed by atoms with van der Waals surface area (Å²) < 4.78 is 0. The molecule has 1 fully saturated rings. The quantitative estimate of drug-likeness (QED) is 0.773. The largest absolute Gasteiger partial charge is 0.341 e. The van der Waals surface area contributed by atoms with Crippen LogP contribution >= 0.6 is 0 Å². The summed E-state index contributed by atoms with van der Waals surface area (Å²) in [6, 6.07) is 9.21. The van der Waals surface area contributed by atoms with Crippen LogP contribution in [0.1, 0.15) is 39.5 Å². The van der Waals surface area contributed by atoms with Crippen molar-refractivity contribution in [3.05, 3.63) is 30.3 Å². The number of para-hydroxylation sites is 1. The molecule has 0 radical (unpaired) electrons. The molecular weight excluding hydrogens is 304 g/mol. The predicted molar refractivity (Wildman–Crippen MR) is 95.7 cm³/mol. The Labute approximate surface area is 143 Å². The minimum Gasteiger partial charge on any atom is -0.341 e. The zero-order valence-corrected chi connectivity index (χ0v) is 14.5. The summed E-state index contributed by atoms with van der Waals surface area (Å²) >= 11 is 0. The summed E-state index contributed by atoms with van der Waals surface area (Å²) in [6.07, 6.45) is 3.06. The third-order valence-electron chi connectivity index (χ3n) is 4.41. The topological polar surface area (TPSA) is 87.5 Å². The molecule has 0 aromatic heterocycles. The zero-order valence-electron chi connectivity index (χ0n) is 14.5. The van der Waals surface area contributed by atoms with E-state index in [0.717, 1.165) is 24.9 Å². The Bertz CT molecular complexity index is 551. The van der Waals surface area contributed by atoms with E-state index < -0.39 is 5.54 Å². The standard InChI is InChI=1S/C18H28N4O2/c1-3-11-18(2,19)16(23)22-12-9-15(10-13-22)21-17(24)20-14-7-5-4-6-8-14/h4-8,15H,3,9-13,19H2,1-2H3,(H2,20,21,24). The van der Waals surface area contributed by atoms with E-state index in [1.54, 1.807) is 6.92 Å². The molecule has 0 bridgehead atoms. The SMILES string of the molecule is CCCC(C)(N)C(=O)N1CCC(NC(=O)Nc2ccccc2)CC1. The van der Waals surface area contributed by atoms with Crippen LogP contribution in [0, 0.1) is 0 Å². The van der Waals surface area contributed by atoms with Gasteiger partial charge in [0.1, 0.15) is 0 Å². The first-order valence-corrected chi connectivity index (χ1v) is 8.63. The van der Waals surface area contributed by atoms with Gasteiger partial charge in [-0.25, -0.2) is 4.79 Å². The molecule has 4 N–H and O–H groups in total. The highest BCUT2D eigenvalue weighted by Crippen LogP contribution is 2.18. The minimum atomic E-state index is -0.792. The van der Waals surface area contributed by atoms with Crippen molar-refractivity contribution in [2.24, 2.45) is 5.73 Å². The molecule has 1 aliphatic rings. The van der Waals surface area contributed by atoms with Crippen molar-refractivity contribution in [2.75, 3.05) is 18.4 Å². The number of nitrogens with two attached hydrogens (primary N) is 1. The van der Waals surface area contributed by atoms with Gasteiger partial charge in [0.2, 0.25) is 5.91 Å². The zero-order chi connectivity index (χ0) is 17.6. The number of nitrogens with zero attached hydrogens (tertiary/aromatic N) is 1. The smallest absolute Gasteiger partial charge is 0.319 e. The number of hydrogen-bond donors (Lipinski definition) is 3. The van der Waals surface area contributed by atoms with E-state index in [9.17, 15) is 9.59 Å². The molecule has 1 aromatic rings. The summed E-state index contributed by atoms with van der Waals surface area (Å²) in [7, 11) is 0. The van der Waals surface area contributed by atoms with Gasteiger partial charge in [-0.2, -0.15) is 0 Å². The maximum absolute atomic E-state index is 12.5. The molecule has 0 saturated carbocycles. The van der Waals surface area contributed by atoms with Crippen molar-refractivity contribution in [3.63, 3.8) is 0 Å². The van der Waals surface area contributed by atoms with Crippen molar-refractivity contribution >= 4 is 17.6 Å². The lowest BCUT2D eigenvalue weighted by Crippen LogP contribution is -2.56. The number of nitrogens with one attached hydrogen (secondary N) is 2. The second-order valence-electron chi connectivity index (χ2n) is 6.70. The van der Waals surface area contributed by atoms with E-state index in [1.807, 2.05) is 42.2 Å². The molecule has 1 atom stereocenters. The second kappa shape index (κ2) is 8.15. The maximum atomic E-state index is 12.5. The summed E-state index contributed by atoms with van der Waals surface area (Å²) in [5.74, 6) is 0.0107. The van der Waals surface area contributed by atoms with Crippen LogP contribution in [0.25, 0.3) is 0 Å². The average Bonchev–Trinajstić information content (AvgIpc) is 2.55. The lowest BCUT2D eigenvalue weighted by molar-refractivity contribution is -0.137. The molecule has 1 heterocycles. The number of carbonyl (C=O) groups excluding carboxylic acids is 2. The Morgan fingerprint density at radius 2 is 1.88 bits per heavy atom. The number of anilines is 1. The van der Waals surface area contributed by atoms with E-state index in [2.05, 4.69) is 10.6 Å². The minimum absolute atomic E-state index is 0.0107. The monoisotopic (exact) mass is 332 g/mol. The number of amides is 3. The van der Waals surface area contributed by atoms with Crippen molar-refractivity contribution in [3.8, 4) is 0 Å². The van der Waals surface area contributed by atoms with Crippen molar-refractivity contribution in [1.82, 2.24) is 10.2 Å². The number of hydrogen-bond acceptors (Lipinski definition) is 3. The number of likely N-dealkylation sites (tertiary alicyclic amines) is 1. The van der Waals surface area contributed by atoms with Gasteiger partial charge in [0, 0.05) is 24.8 Å². The summed E-state index contributed by atoms with van der Waals surface area (Å²) in [6.45, 7) is 5.09. The molecule has 2 rings (SSSR count). The summed E-state index contributed by atoms with van der Waals surface area (Å²) in [4.78, 5) is 26.3. The number of rotatable bonds is 5. The van der Waals surface area contributed by atoms with Gasteiger partial charge in [0.05, 0.1) is 5.54 Å². The van der Waals surface area contributed by atoms with Crippen LogP contribution in [0.3, 0.4) is 0 Å². The van der Waals surface area contributed by atoms with Crippen molar-refractivity contribution in [1.29, 1.82) is 0 Å². The fourth-order valence-electron chi connectivity index (χ4n) is 3.09. The lowest BCUT2D eigenvalue weighted by Gasteiger charge is -2.37. The molecule has 0 spiro atoms. The van der Waals surface area contributed by atoms with Gasteiger partial charge in [-0.1, -0.05) is 31.5 Å². The van der Waals surface area contributed by atoms with Gasteiger partial charge in [-0.15, -0.1) is 0 Å². The molecule has 24 heavy (non-hydrogen) atoms. The van der Waals surface area contributed by atoms with Crippen LogP contribution < -0.4 is 16.4 Å². The van der Waals surface area contributed by atoms with Gasteiger partial charge in [-0.05, 0) is 38.3 Å².